The smallest absolute Gasteiger partial charge is 0.142 e. The summed E-state index contributed by atoms with van der Waals surface area (Å²) in [5.74, 6) is -0.432. The summed E-state index contributed by atoms with van der Waals surface area (Å²) in [5.41, 5.74) is 0. The average molecular weight is 111 g/mol. The molecule has 0 bridgehead atoms. The third-order valence-electron chi connectivity index (χ3n) is 1.01. The molecule has 0 aliphatic rings. The molecule has 3 radical (unpaired) electrons. The summed E-state index contributed by atoms with van der Waals surface area (Å²) in [6.07, 6.45) is 3.52. The summed E-state index contributed by atoms with van der Waals surface area (Å²) in [6, 6.07) is 0. The van der Waals surface area contributed by atoms with Crippen molar-refractivity contribution in [3.63, 3.8) is 0 Å². The highest BCUT2D eigenvalue weighted by atomic mass is 16.1. The zero-order valence-electron chi connectivity index (χ0n) is 5.24. The van der Waals surface area contributed by atoms with Crippen LogP contribution in [-0.2, 0) is 4.79 Å². The van der Waals surface area contributed by atoms with E-state index < -0.39 is 5.78 Å². The van der Waals surface area contributed by atoms with E-state index in [4.69, 9.17) is 6.92 Å². The van der Waals surface area contributed by atoms with Gasteiger partial charge in [-0.1, -0.05) is 19.8 Å². The van der Waals surface area contributed by atoms with Crippen molar-refractivity contribution >= 4 is 5.78 Å². The summed E-state index contributed by atoms with van der Waals surface area (Å²) in [4.78, 5) is 9.99. The van der Waals surface area contributed by atoms with Gasteiger partial charge in [0.05, 0.1) is 6.92 Å². The molecule has 0 N–H and O–H groups in total. The standard InChI is InChI=1S/C7H11O/c1-3-4-5-6-7(2)8/h3-6H2,1H3. The fourth-order valence-corrected chi connectivity index (χ4v) is 0.536. The number of Topliss-reactive ketones (excluding diaryl/α,β-unsaturated/α-hetero) is 1. The Morgan fingerprint density at radius 2 is 2.12 bits per heavy atom. The van der Waals surface area contributed by atoms with Crippen molar-refractivity contribution in [3.8, 4) is 0 Å². The van der Waals surface area contributed by atoms with Gasteiger partial charge in [0.1, 0.15) is 5.78 Å². The Labute approximate surface area is 51.1 Å². The highest BCUT2D eigenvalue weighted by molar-refractivity contribution is 5.82. The molecule has 0 heterocycles. The van der Waals surface area contributed by atoms with E-state index in [-0.39, 0.29) is 0 Å². The van der Waals surface area contributed by atoms with E-state index in [0.29, 0.717) is 6.42 Å². The van der Waals surface area contributed by atoms with Gasteiger partial charge >= 0.3 is 0 Å². The minimum absolute atomic E-state index is 0.432. The molecule has 0 saturated carbocycles. The summed E-state index contributed by atoms with van der Waals surface area (Å²) >= 11 is 0. The Balaban J connectivity index is 2.82. The first-order valence-electron chi connectivity index (χ1n) is 3.01. The van der Waals surface area contributed by atoms with Crippen LogP contribution in [0.15, 0.2) is 0 Å². The van der Waals surface area contributed by atoms with Crippen molar-refractivity contribution in [1.29, 1.82) is 0 Å². The van der Waals surface area contributed by atoms with Crippen LogP contribution in [0.4, 0.5) is 0 Å². The molecule has 45 valence electrons. The minimum atomic E-state index is -0.432. The van der Waals surface area contributed by atoms with Gasteiger partial charge < -0.3 is 0 Å². The number of hydrogen-bond acceptors (Lipinski definition) is 1. The summed E-state index contributed by atoms with van der Waals surface area (Å²) < 4.78 is 0. The third-order valence-corrected chi connectivity index (χ3v) is 1.01. The van der Waals surface area contributed by atoms with Gasteiger partial charge in [-0.2, -0.15) is 0 Å². The molecule has 0 aromatic rings. The summed E-state index contributed by atoms with van der Waals surface area (Å²) in [7, 11) is 0. The van der Waals surface area contributed by atoms with Gasteiger partial charge in [0.15, 0.2) is 0 Å². The highest BCUT2D eigenvalue weighted by Gasteiger charge is 1.90. The maximum atomic E-state index is 9.99. The van der Waals surface area contributed by atoms with Gasteiger partial charge in [0, 0.05) is 6.42 Å². The van der Waals surface area contributed by atoms with Gasteiger partial charge in [-0.05, 0) is 6.42 Å². The zero-order chi connectivity index (χ0) is 6.41. The van der Waals surface area contributed by atoms with Crippen molar-refractivity contribution in [2.75, 3.05) is 0 Å². The van der Waals surface area contributed by atoms with E-state index in [9.17, 15) is 4.79 Å². The molecule has 1 nitrogen and oxygen atoms in total. The molecular weight excluding hydrogens is 100 g/mol. The van der Waals surface area contributed by atoms with Crippen molar-refractivity contribution in [3.05, 3.63) is 6.92 Å². The molecule has 0 aromatic carbocycles. The van der Waals surface area contributed by atoms with Crippen LogP contribution in [0.3, 0.4) is 0 Å². The number of carbonyl (C=O) groups excluding carboxylic acids is 1. The molecule has 1 heteroatoms. The maximum absolute atomic E-state index is 9.99. The first-order chi connectivity index (χ1) is 3.77. The molecular formula is C7H11O. The lowest BCUT2D eigenvalue weighted by molar-refractivity contribution is -0.114. The molecule has 0 atom stereocenters. The average Bonchev–Trinajstić information content (AvgIpc) is 1.66. The number of ketones is 1. The molecule has 0 aromatic heterocycles. The second-order valence-corrected chi connectivity index (χ2v) is 1.88. The number of hydrogen-bond donors (Lipinski definition) is 0. The van der Waals surface area contributed by atoms with Crippen molar-refractivity contribution in [2.24, 2.45) is 0 Å². The van der Waals surface area contributed by atoms with Crippen molar-refractivity contribution in [1.82, 2.24) is 0 Å². The van der Waals surface area contributed by atoms with Crippen LogP contribution in [0.5, 0.6) is 0 Å². The molecule has 0 fully saturated rings. The second kappa shape index (κ2) is 4.82. The lowest BCUT2D eigenvalue weighted by atomic mass is 10.2. The van der Waals surface area contributed by atoms with Gasteiger partial charge in [-0.15, -0.1) is 0 Å². The lowest BCUT2D eigenvalue weighted by Crippen LogP contribution is -1.88. The van der Waals surface area contributed by atoms with Gasteiger partial charge in [0.2, 0.25) is 0 Å². The zero-order valence-corrected chi connectivity index (χ0v) is 5.24. The predicted molar refractivity (Wildman–Crippen MR) is 32.4 cm³/mol. The van der Waals surface area contributed by atoms with Crippen LogP contribution >= 0.6 is 0 Å². The lowest BCUT2D eigenvalue weighted by Gasteiger charge is -1.90. The first kappa shape index (κ1) is 7.67. The van der Waals surface area contributed by atoms with Gasteiger partial charge in [0.25, 0.3) is 0 Å². The van der Waals surface area contributed by atoms with Crippen LogP contribution in [-0.4, -0.2) is 5.78 Å². The van der Waals surface area contributed by atoms with E-state index >= 15 is 0 Å². The highest BCUT2D eigenvalue weighted by Crippen LogP contribution is 1.97. The van der Waals surface area contributed by atoms with Gasteiger partial charge in [-0.25, -0.2) is 0 Å². The third kappa shape index (κ3) is 5.67. The monoisotopic (exact) mass is 111 g/mol. The molecule has 0 unspecified atom stereocenters. The van der Waals surface area contributed by atoms with Crippen molar-refractivity contribution in [2.45, 2.75) is 32.6 Å². The molecule has 0 spiro atoms. The fourth-order valence-electron chi connectivity index (χ4n) is 0.536. The largest absolute Gasteiger partial charge is 0.299 e. The van der Waals surface area contributed by atoms with E-state index in [2.05, 4.69) is 6.92 Å². The summed E-state index contributed by atoms with van der Waals surface area (Å²) in [5, 5.41) is 0. The molecule has 8 heavy (non-hydrogen) atoms. The Kier molecular flexibility index (Phi) is 4.62. The van der Waals surface area contributed by atoms with E-state index in [0.717, 1.165) is 19.3 Å². The van der Waals surface area contributed by atoms with Crippen LogP contribution in [0, 0.1) is 6.92 Å². The first-order valence-corrected chi connectivity index (χ1v) is 3.01. The van der Waals surface area contributed by atoms with Crippen molar-refractivity contribution < 1.29 is 4.79 Å². The predicted octanol–water partition coefficient (Wildman–Crippen LogP) is 1.72. The van der Waals surface area contributed by atoms with E-state index in [1.54, 1.807) is 0 Å². The van der Waals surface area contributed by atoms with Crippen LogP contribution in [0.2, 0.25) is 0 Å². The SMILES string of the molecule is [C]C(=O)CCCCC. The Hall–Kier alpha value is -0.330. The van der Waals surface area contributed by atoms with E-state index in [1.165, 1.54) is 0 Å². The fraction of sp³-hybridized carbons (Fsp3) is 0.714. The number of carbonyl (C=O) groups is 1. The Morgan fingerprint density at radius 1 is 1.50 bits per heavy atom. The maximum Gasteiger partial charge on any atom is 0.142 e. The quantitative estimate of drug-likeness (QED) is 0.505. The number of unbranched alkanes of at least 4 members (excludes halogenated alkanes) is 2. The van der Waals surface area contributed by atoms with Crippen LogP contribution in [0.1, 0.15) is 32.6 Å². The van der Waals surface area contributed by atoms with Crippen LogP contribution < -0.4 is 0 Å². The second-order valence-electron chi connectivity index (χ2n) is 1.88. The van der Waals surface area contributed by atoms with E-state index in [1.807, 2.05) is 0 Å². The minimum Gasteiger partial charge on any atom is -0.299 e. The van der Waals surface area contributed by atoms with Crippen LogP contribution in [0.25, 0.3) is 0 Å². The molecule has 0 saturated heterocycles. The topological polar surface area (TPSA) is 17.1 Å². The van der Waals surface area contributed by atoms with Gasteiger partial charge in [-0.3, -0.25) is 4.79 Å². The molecule has 0 aliphatic heterocycles. The molecule has 0 aliphatic carbocycles. The molecule has 0 amide bonds. The Morgan fingerprint density at radius 3 is 2.50 bits per heavy atom. The normalized spacial score (nSPS) is 9.25. The summed E-state index contributed by atoms with van der Waals surface area (Å²) in [6.45, 7) is 8.59. The molecule has 0 rings (SSSR count). The number of rotatable bonds is 4. The Bertz CT molecular complexity index is 66.8.